The van der Waals surface area contributed by atoms with Crippen LogP contribution in [0, 0.1) is 17.6 Å². The molecular formula is C14H23F2N3O. The molecule has 1 unspecified atom stereocenters. The minimum Gasteiger partial charge on any atom is -0.383 e. The highest BCUT2D eigenvalue weighted by Gasteiger charge is 2.18. The fourth-order valence-electron chi connectivity index (χ4n) is 1.69. The highest BCUT2D eigenvalue weighted by atomic mass is 19.1. The first-order chi connectivity index (χ1) is 9.49. The summed E-state index contributed by atoms with van der Waals surface area (Å²) < 4.78 is 32.5. The minimum absolute atomic E-state index is 0.0424. The van der Waals surface area contributed by atoms with Crippen LogP contribution in [0.1, 0.15) is 27.2 Å². The molecule has 1 atom stereocenters. The maximum Gasteiger partial charge on any atom is 0.168 e. The molecule has 0 saturated carbocycles. The fourth-order valence-corrected chi connectivity index (χ4v) is 1.69. The number of aromatic nitrogens is 1. The van der Waals surface area contributed by atoms with E-state index in [4.69, 9.17) is 4.74 Å². The Hall–Kier alpha value is -1.43. The van der Waals surface area contributed by atoms with Crippen LogP contribution in [0.25, 0.3) is 0 Å². The molecule has 0 aliphatic heterocycles. The zero-order valence-corrected chi connectivity index (χ0v) is 12.5. The predicted molar refractivity (Wildman–Crippen MR) is 77.1 cm³/mol. The van der Waals surface area contributed by atoms with Crippen molar-refractivity contribution in [2.24, 2.45) is 5.92 Å². The van der Waals surface area contributed by atoms with Gasteiger partial charge < -0.3 is 15.4 Å². The second-order valence-electron chi connectivity index (χ2n) is 5.03. The van der Waals surface area contributed by atoms with Gasteiger partial charge in [-0.1, -0.05) is 20.8 Å². The Morgan fingerprint density at radius 2 is 1.90 bits per heavy atom. The lowest BCUT2D eigenvalue weighted by Gasteiger charge is -2.22. The van der Waals surface area contributed by atoms with Crippen molar-refractivity contribution in [1.29, 1.82) is 0 Å². The van der Waals surface area contributed by atoms with Gasteiger partial charge in [-0.25, -0.2) is 13.8 Å². The van der Waals surface area contributed by atoms with Crippen molar-refractivity contribution in [1.82, 2.24) is 4.98 Å². The quantitative estimate of drug-likeness (QED) is 0.770. The Kier molecular flexibility index (Phi) is 6.64. The lowest BCUT2D eigenvalue weighted by atomic mass is 10.1. The van der Waals surface area contributed by atoms with Crippen LogP contribution in [0.3, 0.4) is 0 Å². The van der Waals surface area contributed by atoms with Crippen molar-refractivity contribution in [3.8, 4) is 0 Å². The summed E-state index contributed by atoms with van der Waals surface area (Å²) in [5.41, 5.74) is 0. The largest absolute Gasteiger partial charge is 0.383 e. The predicted octanol–water partition coefficient (Wildman–Crippen LogP) is 3.26. The Balaban J connectivity index is 2.92. The van der Waals surface area contributed by atoms with Crippen molar-refractivity contribution in [2.45, 2.75) is 33.2 Å². The van der Waals surface area contributed by atoms with Gasteiger partial charge in [0.05, 0.1) is 12.6 Å². The monoisotopic (exact) mass is 287 g/mol. The van der Waals surface area contributed by atoms with Gasteiger partial charge in [0.15, 0.2) is 23.3 Å². The smallest absolute Gasteiger partial charge is 0.168 e. The number of methoxy groups -OCH3 is 1. The van der Waals surface area contributed by atoms with Gasteiger partial charge >= 0.3 is 0 Å². The molecule has 6 heteroatoms. The first-order valence-electron chi connectivity index (χ1n) is 6.85. The molecule has 0 bridgehead atoms. The van der Waals surface area contributed by atoms with Gasteiger partial charge in [-0.15, -0.1) is 0 Å². The summed E-state index contributed by atoms with van der Waals surface area (Å²) >= 11 is 0. The van der Waals surface area contributed by atoms with Gasteiger partial charge in [0.25, 0.3) is 0 Å². The highest BCUT2D eigenvalue weighted by Crippen LogP contribution is 2.21. The number of hydrogen-bond donors (Lipinski definition) is 2. The van der Waals surface area contributed by atoms with Gasteiger partial charge in [-0.3, -0.25) is 0 Å². The van der Waals surface area contributed by atoms with E-state index in [0.717, 1.165) is 12.5 Å². The average molecular weight is 287 g/mol. The normalized spacial score (nSPS) is 12.6. The zero-order chi connectivity index (χ0) is 15.1. The number of nitrogens with one attached hydrogen (secondary N) is 2. The first kappa shape index (κ1) is 16.6. The second kappa shape index (κ2) is 7.99. The third-order valence-corrected chi connectivity index (χ3v) is 2.95. The Morgan fingerprint density at radius 3 is 2.45 bits per heavy atom. The van der Waals surface area contributed by atoms with Crippen LogP contribution in [0.15, 0.2) is 6.07 Å². The van der Waals surface area contributed by atoms with Gasteiger partial charge in [0, 0.05) is 19.7 Å². The number of pyridine rings is 1. The van der Waals surface area contributed by atoms with Crippen LogP contribution < -0.4 is 10.6 Å². The number of halogens is 2. The summed E-state index contributed by atoms with van der Waals surface area (Å²) in [7, 11) is 1.58. The van der Waals surface area contributed by atoms with E-state index in [2.05, 4.69) is 15.6 Å². The molecule has 0 aliphatic carbocycles. The molecule has 0 aliphatic rings. The van der Waals surface area contributed by atoms with E-state index in [1.54, 1.807) is 7.11 Å². The Labute approximate surface area is 118 Å². The summed E-state index contributed by atoms with van der Waals surface area (Å²) in [5.74, 6) is -1.05. The second-order valence-corrected chi connectivity index (χ2v) is 5.03. The molecule has 0 aromatic carbocycles. The topological polar surface area (TPSA) is 46.2 Å². The lowest BCUT2D eigenvalue weighted by molar-refractivity contribution is 0.171. The third kappa shape index (κ3) is 4.59. The van der Waals surface area contributed by atoms with Gasteiger partial charge in [-0.05, 0) is 12.3 Å². The minimum atomic E-state index is -0.702. The standard InChI is InChI=1S/C14H23F2N3O/c1-5-6-17-13-10(15)7-11(16)14(19-13)18-12(8-20-4)9(2)3/h7,9,12H,5-6,8H2,1-4H3,(H2,17,18,19). The summed E-state index contributed by atoms with van der Waals surface area (Å²) in [4.78, 5) is 3.99. The Bertz CT molecular complexity index is 427. The van der Waals surface area contributed by atoms with Crippen LogP contribution in [-0.2, 0) is 4.74 Å². The number of hydrogen-bond acceptors (Lipinski definition) is 4. The average Bonchev–Trinajstić information content (AvgIpc) is 2.39. The van der Waals surface area contributed by atoms with E-state index in [1.807, 2.05) is 20.8 Å². The lowest BCUT2D eigenvalue weighted by Crippen LogP contribution is -2.31. The first-order valence-corrected chi connectivity index (χ1v) is 6.85. The summed E-state index contributed by atoms with van der Waals surface area (Å²) in [6, 6.07) is 0.754. The van der Waals surface area contributed by atoms with Crippen molar-refractivity contribution in [2.75, 3.05) is 30.9 Å². The number of rotatable bonds is 8. The third-order valence-electron chi connectivity index (χ3n) is 2.95. The molecule has 1 aromatic rings. The van der Waals surface area contributed by atoms with Gasteiger partial charge in [-0.2, -0.15) is 0 Å². The highest BCUT2D eigenvalue weighted by molar-refractivity contribution is 5.48. The summed E-state index contributed by atoms with van der Waals surface area (Å²) in [5, 5.41) is 5.81. The van der Waals surface area contributed by atoms with Crippen LogP contribution in [0.2, 0.25) is 0 Å². The molecule has 0 radical (unpaired) electrons. The maximum atomic E-state index is 13.8. The molecule has 114 valence electrons. The van der Waals surface area contributed by atoms with Crippen LogP contribution in [-0.4, -0.2) is 31.3 Å². The van der Waals surface area contributed by atoms with Crippen molar-refractivity contribution >= 4 is 11.6 Å². The van der Waals surface area contributed by atoms with Gasteiger partial charge in [0.1, 0.15) is 0 Å². The molecule has 0 saturated heterocycles. The van der Waals surface area contributed by atoms with E-state index >= 15 is 0 Å². The number of ether oxygens (including phenoxy) is 1. The molecule has 20 heavy (non-hydrogen) atoms. The molecule has 2 N–H and O–H groups in total. The van der Waals surface area contributed by atoms with Crippen LogP contribution in [0.5, 0.6) is 0 Å². The molecule has 1 aromatic heterocycles. The van der Waals surface area contributed by atoms with Crippen molar-refractivity contribution in [3.63, 3.8) is 0 Å². The molecule has 0 amide bonds. The van der Waals surface area contributed by atoms with E-state index in [0.29, 0.717) is 13.2 Å². The molecule has 0 spiro atoms. The molecule has 1 heterocycles. The molecule has 1 rings (SSSR count). The molecule has 0 fully saturated rings. The van der Waals surface area contributed by atoms with Crippen molar-refractivity contribution < 1.29 is 13.5 Å². The van der Waals surface area contributed by atoms with E-state index in [9.17, 15) is 8.78 Å². The zero-order valence-electron chi connectivity index (χ0n) is 12.5. The van der Waals surface area contributed by atoms with Crippen molar-refractivity contribution in [3.05, 3.63) is 17.7 Å². The van der Waals surface area contributed by atoms with E-state index in [1.165, 1.54) is 0 Å². The van der Waals surface area contributed by atoms with Gasteiger partial charge in [0.2, 0.25) is 0 Å². The Morgan fingerprint density at radius 1 is 1.25 bits per heavy atom. The summed E-state index contributed by atoms with van der Waals surface area (Å²) in [6.07, 6.45) is 0.833. The number of nitrogens with zero attached hydrogens (tertiary/aromatic N) is 1. The SMILES string of the molecule is CCCNc1nc(NC(COC)C(C)C)c(F)cc1F. The molecular weight excluding hydrogens is 264 g/mol. The van der Waals surface area contributed by atoms with E-state index < -0.39 is 11.6 Å². The number of anilines is 2. The molecule has 4 nitrogen and oxygen atoms in total. The summed E-state index contributed by atoms with van der Waals surface area (Å²) in [6.45, 7) is 6.96. The van der Waals surface area contributed by atoms with E-state index in [-0.39, 0.29) is 23.6 Å². The van der Waals surface area contributed by atoms with Crippen LogP contribution >= 0.6 is 0 Å². The fraction of sp³-hybridized carbons (Fsp3) is 0.643. The maximum absolute atomic E-state index is 13.8. The van der Waals surface area contributed by atoms with Crippen LogP contribution in [0.4, 0.5) is 20.4 Å².